The number of rotatable bonds is 7. The van der Waals surface area contributed by atoms with Crippen molar-refractivity contribution < 1.29 is 19.1 Å². The molecule has 0 saturated carbocycles. The summed E-state index contributed by atoms with van der Waals surface area (Å²) in [6.45, 7) is 7.37. The molecule has 1 aromatic heterocycles. The number of amides is 2. The minimum absolute atomic E-state index is 0.0128. The molecule has 0 spiro atoms. The molecule has 0 bridgehead atoms. The zero-order valence-electron chi connectivity index (χ0n) is 17.4. The van der Waals surface area contributed by atoms with E-state index in [2.05, 4.69) is 20.5 Å². The van der Waals surface area contributed by atoms with Gasteiger partial charge in [0.05, 0.1) is 31.0 Å². The molecule has 2 saturated heterocycles. The summed E-state index contributed by atoms with van der Waals surface area (Å²) in [6.07, 6.45) is 4.36. The summed E-state index contributed by atoms with van der Waals surface area (Å²) in [5, 5.41) is 6.04. The standard InChI is InChI=1S/C21H31N5O4/c27-19-14-24-20-18(26(19)15-16-2-8-29-9-3-16)12-17(13-23-20)21(28)22-4-1-5-25-6-10-30-11-7-25/h12-13,16H,1-11,14-15H2,(H,22,28)(H,23,24). The summed E-state index contributed by atoms with van der Waals surface area (Å²) in [7, 11) is 0. The van der Waals surface area contributed by atoms with Gasteiger partial charge >= 0.3 is 0 Å². The number of nitrogens with zero attached hydrogens (tertiary/aromatic N) is 3. The van der Waals surface area contributed by atoms with Gasteiger partial charge in [0, 0.05) is 45.6 Å². The van der Waals surface area contributed by atoms with Crippen molar-refractivity contribution in [2.24, 2.45) is 5.92 Å². The highest BCUT2D eigenvalue weighted by Gasteiger charge is 2.29. The van der Waals surface area contributed by atoms with Gasteiger partial charge in [-0.3, -0.25) is 14.5 Å². The third-order valence-corrected chi connectivity index (χ3v) is 5.95. The molecule has 9 nitrogen and oxygen atoms in total. The van der Waals surface area contributed by atoms with Gasteiger partial charge in [0.25, 0.3) is 5.91 Å². The highest BCUT2D eigenvalue weighted by molar-refractivity contribution is 6.04. The fraction of sp³-hybridized carbons (Fsp3) is 0.667. The quantitative estimate of drug-likeness (QED) is 0.631. The zero-order chi connectivity index (χ0) is 20.8. The summed E-state index contributed by atoms with van der Waals surface area (Å²) < 4.78 is 10.8. The molecule has 164 valence electrons. The molecule has 2 N–H and O–H groups in total. The maximum absolute atomic E-state index is 12.6. The third-order valence-electron chi connectivity index (χ3n) is 5.95. The van der Waals surface area contributed by atoms with Crippen LogP contribution in [0.1, 0.15) is 29.6 Å². The Morgan fingerprint density at radius 2 is 1.97 bits per heavy atom. The first kappa shape index (κ1) is 21.0. The number of nitrogens with one attached hydrogen (secondary N) is 2. The van der Waals surface area contributed by atoms with Gasteiger partial charge < -0.3 is 25.0 Å². The number of fused-ring (bicyclic) bond motifs is 1. The Kier molecular flexibility index (Phi) is 7.14. The van der Waals surface area contributed by atoms with E-state index in [4.69, 9.17) is 9.47 Å². The first-order valence-corrected chi connectivity index (χ1v) is 10.9. The van der Waals surface area contributed by atoms with Crippen molar-refractivity contribution in [1.29, 1.82) is 0 Å². The fourth-order valence-electron chi connectivity index (χ4n) is 4.13. The van der Waals surface area contributed by atoms with Gasteiger partial charge in [-0.05, 0) is 37.8 Å². The average molecular weight is 418 g/mol. The molecule has 3 aliphatic rings. The monoisotopic (exact) mass is 417 g/mol. The fourth-order valence-corrected chi connectivity index (χ4v) is 4.13. The van der Waals surface area contributed by atoms with Crippen molar-refractivity contribution >= 4 is 23.3 Å². The summed E-state index contributed by atoms with van der Waals surface area (Å²) in [5.41, 5.74) is 1.17. The Morgan fingerprint density at radius 3 is 2.77 bits per heavy atom. The molecule has 0 atom stereocenters. The molecule has 0 aromatic carbocycles. The van der Waals surface area contributed by atoms with Crippen LogP contribution in [0.5, 0.6) is 0 Å². The van der Waals surface area contributed by atoms with Crippen LogP contribution in [-0.2, 0) is 14.3 Å². The lowest BCUT2D eigenvalue weighted by Crippen LogP contribution is -2.44. The molecular weight excluding hydrogens is 386 g/mol. The van der Waals surface area contributed by atoms with Crippen LogP contribution in [0.3, 0.4) is 0 Å². The van der Waals surface area contributed by atoms with Crippen LogP contribution in [0, 0.1) is 5.92 Å². The third kappa shape index (κ3) is 5.27. The predicted molar refractivity (Wildman–Crippen MR) is 113 cm³/mol. The van der Waals surface area contributed by atoms with E-state index < -0.39 is 0 Å². The number of pyridine rings is 1. The number of carbonyl (C=O) groups excluding carboxylic acids is 2. The van der Waals surface area contributed by atoms with Gasteiger partial charge in [0.2, 0.25) is 5.91 Å². The minimum Gasteiger partial charge on any atom is -0.381 e. The molecule has 0 aliphatic carbocycles. The van der Waals surface area contributed by atoms with Crippen molar-refractivity contribution in [3.8, 4) is 0 Å². The second-order valence-corrected chi connectivity index (χ2v) is 8.07. The Balaban J connectivity index is 1.35. The van der Waals surface area contributed by atoms with Gasteiger partial charge in [-0.15, -0.1) is 0 Å². The molecule has 0 radical (unpaired) electrons. The first-order valence-electron chi connectivity index (χ1n) is 10.9. The van der Waals surface area contributed by atoms with Crippen molar-refractivity contribution in [1.82, 2.24) is 15.2 Å². The van der Waals surface area contributed by atoms with Crippen LogP contribution in [-0.4, -0.2) is 87.4 Å². The van der Waals surface area contributed by atoms with E-state index in [-0.39, 0.29) is 18.4 Å². The largest absolute Gasteiger partial charge is 0.381 e. The molecule has 2 amide bonds. The highest BCUT2D eigenvalue weighted by atomic mass is 16.5. The first-order chi connectivity index (χ1) is 14.7. The van der Waals surface area contributed by atoms with Gasteiger partial charge in [-0.2, -0.15) is 0 Å². The maximum atomic E-state index is 12.6. The van der Waals surface area contributed by atoms with Crippen molar-refractivity contribution in [2.45, 2.75) is 19.3 Å². The smallest absolute Gasteiger partial charge is 0.252 e. The average Bonchev–Trinajstić information content (AvgIpc) is 2.79. The van der Waals surface area contributed by atoms with Crippen LogP contribution >= 0.6 is 0 Å². The van der Waals surface area contributed by atoms with E-state index in [0.717, 1.165) is 65.3 Å². The van der Waals surface area contributed by atoms with Crippen LogP contribution in [0.15, 0.2) is 12.3 Å². The maximum Gasteiger partial charge on any atom is 0.252 e. The number of ether oxygens (including phenoxy) is 2. The van der Waals surface area contributed by atoms with Gasteiger partial charge in [-0.25, -0.2) is 4.98 Å². The summed E-state index contributed by atoms with van der Waals surface area (Å²) in [4.78, 5) is 33.7. The Hall–Kier alpha value is -2.23. The van der Waals surface area contributed by atoms with Crippen molar-refractivity contribution in [2.75, 3.05) is 75.9 Å². The van der Waals surface area contributed by atoms with Crippen LogP contribution in [0.25, 0.3) is 0 Å². The van der Waals surface area contributed by atoms with Gasteiger partial charge in [0.15, 0.2) is 0 Å². The number of aromatic nitrogens is 1. The molecule has 0 unspecified atom stereocenters. The van der Waals surface area contributed by atoms with E-state index >= 15 is 0 Å². The number of hydrogen-bond donors (Lipinski definition) is 2. The van der Waals surface area contributed by atoms with Crippen LogP contribution in [0.2, 0.25) is 0 Å². The van der Waals surface area contributed by atoms with Crippen molar-refractivity contribution in [3.05, 3.63) is 17.8 Å². The van der Waals surface area contributed by atoms with E-state index in [1.54, 1.807) is 17.2 Å². The molecule has 9 heteroatoms. The van der Waals surface area contributed by atoms with E-state index in [9.17, 15) is 9.59 Å². The Morgan fingerprint density at radius 1 is 1.20 bits per heavy atom. The SMILES string of the molecule is O=C(NCCCN1CCOCC1)c1cnc2c(c1)N(CC1CCOCC1)C(=O)CN2. The molecular formula is C21H31N5O4. The van der Waals surface area contributed by atoms with Crippen LogP contribution < -0.4 is 15.5 Å². The molecule has 3 aliphatic heterocycles. The van der Waals surface area contributed by atoms with E-state index in [0.29, 0.717) is 36.1 Å². The highest BCUT2D eigenvalue weighted by Crippen LogP contribution is 2.30. The Labute approximate surface area is 177 Å². The Bertz CT molecular complexity index is 747. The second-order valence-electron chi connectivity index (χ2n) is 8.07. The lowest BCUT2D eigenvalue weighted by Gasteiger charge is -2.33. The summed E-state index contributed by atoms with van der Waals surface area (Å²) in [5.74, 6) is 0.923. The van der Waals surface area contributed by atoms with Crippen molar-refractivity contribution in [3.63, 3.8) is 0 Å². The molecule has 2 fully saturated rings. The van der Waals surface area contributed by atoms with Crippen LogP contribution in [0.4, 0.5) is 11.5 Å². The summed E-state index contributed by atoms with van der Waals surface area (Å²) >= 11 is 0. The summed E-state index contributed by atoms with van der Waals surface area (Å²) in [6, 6.07) is 1.78. The van der Waals surface area contributed by atoms with E-state index in [1.807, 2.05) is 0 Å². The molecule has 4 heterocycles. The van der Waals surface area contributed by atoms with Gasteiger partial charge in [0.1, 0.15) is 5.82 Å². The normalized spacial score (nSPS) is 20.5. The second kappa shape index (κ2) is 10.2. The zero-order valence-corrected chi connectivity index (χ0v) is 17.4. The molecule has 1 aromatic rings. The number of carbonyl (C=O) groups is 2. The topological polar surface area (TPSA) is 96.0 Å². The predicted octanol–water partition coefficient (Wildman–Crippen LogP) is 0.719. The lowest BCUT2D eigenvalue weighted by atomic mass is 9.99. The number of hydrogen-bond acceptors (Lipinski definition) is 7. The minimum atomic E-state index is -0.156. The van der Waals surface area contributed by atoms with E-state index in [1.165, 1.54) is 0 Å². The molecule has 4 rings (SSSR count). The number of morpholine rings is 1. The number of anilines is 2. The lowest BCUT2D eigenvalue weighted by molar-refractivity contribution is -0.117. The van der Waals surface area contributed by atoms with Gasteiger partial charge in [-0.1, -0.05) is 0 Å². The molecule has 30 heavy (non-hydrogen) atoms.